The van der Waals surface area contributed by atoms with Crippen molar-refractivity contribution in [2.24, 2.45) is 0 Å². The highest BCUT2D eigenvalue weighted by atomic mass is 16.5. The standard InChI is InChI=1S/C16H22N6O3/c1-12-19-20-21-22(12)8-5-16(23)18-14-6-9-24-11-15(14)25-10-13-4-2-3-7-17-13/h2-4,7,14-15H,5-6,8-11H2,1H3,(H,18,23)/t14-,15-/m1/s1. The van der Waals surface area contributed by atoms with E-state index in [2.05, 4.69) is 25.8 Å². The first kappa shape index (κ1) is 17.4. The van der Waals surface area contributed by atoms with E-state index in [1.165, 1.54) is 0 Å². The van der Waals surface area contributed by atoms with Gasteiger partial charge in [-0.2, -0.15) is 0 Å². The number of nitrogens with one attached hydrogen (secondary N) is 1. The minimum atomic E-state index is -0.186. The van der Waals surface area contributed by atoms with Gasteiger partial charge in [0.25, 0.3) is 0 Å². The summed E-state index contributed by atoms with van der Waals surface area (Å²) < 4.78 is 13.0. The molecule has 0 saturated carbocycles. The van der Waals surface area contributed by atoms with E-state index in [9.17, 15) is 4.79 Å². The molecule has 1 fully saturated rings. The molecule has 1 saturated heterocycles. The second kappa shape index (κ2) is 8.63. The molecule has 3 rings (SSSR count). The molecule has 0 radical (unpaired) electrons. The van der Waals surface area contributed by atoms with Gasteiger partial charge in [-0.05, 0) is 35.9 Å². The fraction of sp³-hybridized carbons (Fsp3) is 0.562. The third-order valence-electron chi connectivity index (χ3n) is 4.08. The molecule has 0 aliphatic carbocycles. The van der Waals surface area contributed by atoms with Gasteiger partial charge in [-0.3, -0.25) is 9.78 Å². The number of pyridine rings is 1. The Balaban J connectivity index is 1.48. The van der Waals surface area contributed by atoms with Gasteiger partial charge in [-0.15, -0.1) is 5.10 Å². The van der Waals surface area contributed by atoms with Gasteiger partial charge >= 0.3 is 0 Å². The molecular weight excluding hydrogens is 324 g/mol. The van der Waals surface area contributed by atoms with E-state index in [1.54, 1.807) is 17.8 Å². The Hall–Kier alpha value is -2.39. The Morgan fingerprint density at radius 1 is 1.48 bits per heavy atom. The molecule has 1 amide bonds. The molecule has 0 bridgehead atoms. The summed E-state index contributed by atoms with van der Waals surface area (Å²) in [4.78, 5) is 16.5. The summed E-state index contributed by atoms with van der Waals surface area (Å²) in [6.45, 7) is 3.72. The lowest BCUT2D eigenvalue weighted by Gasteiger charge is -2.32. The maximum absolute atomic E-state index is 12.2. The molecule has 1 N–H and O–H groups in total. The Kier molecular flexibility index (Phi) is 6.02. The molecule has 9 heteroatoms. The number of hydrogen-bond acceptors (Lipinski definition) is 7. The van der Waals surface area contributed by atoms with Gasteiger partial charge in [0.1, 0.15) is 11.9 Å². The molecule has 134 valence electrons. The largest absolute Gasteiger partial charge is 0.379 e. The Morgan fingerprint density at radius 3 is 3.16 bits per heavy atom. The zero-order valence-electron chi connectivity index (χ0n) is 14.2. The first-order chi connectivity index (χ1) is 12.2. The molecule has 1 aliphatic rings. The minimum absolute atomic E-state index is 0.0479. The highest BCUT2D eigenvalue weighted by Crippen LogP contribution is 2.13. The summed E-state index contributed by atoms with van der Waals surface area (Å²) >= 11 is 0. The summed E-state index contributed by atoms with van der Waals surface area (Å²) in [5.74, 6) is 0.642. The second-order valence-corrected chi connectivity index (χ2v) is 5.91. The van der Waals surface area contributed by atoms with Crippen molar-refractivity contribution in [3.05, 3.63) is 35.9 Å². The van der Waals surface area contributed by atoms with Crippen LogP contribution in [0.3, 0.4) is 0 Å². The predicted octanol–water partition coefficient (Wildman–Crippen LogP) is 0.257. The number of carbonyl (C=O) groups excluding carboxylic acids is 1. The zero-order chi connectivity index (χ0) is 17.5. The first-order valence-corrected chi connectivity index (χ1v) is 8.34. The number of tetrazole rings is 1. The topological polar surface area (TPSA) is 104 Å². The quantitative estimate of drug-likeness (QED) is 0.766. The summed E-state index contributed by atoms with van der Waals surface area (Å²) in [6, 6.07) is 5.62. The Bertz CT molecular complexity index is 678. The Morgan fingerprint density at radius 2 is 2.40 bits per heavy atom. The van der Waals surface area contributed by atoms with Crippen LogP contribution in [0.1, 0.15) is 24.4 Å². The van der Waals surface area contributed by atoms with Crippen molar-refractivity contribution in [1.29, 1.82) is 0 Å². The number of nitrogens with zero attached hydrogens (tertiary/aromatic N) is 5. The number of aryl methyl sites for hydroxylation is 2. The maximum atomic E-state index is 12.2. The lowest BCUT2D eigenvalue weighted by Crippen LogP contribution is -2.50. The fourth-order valence-corrected chi connectivity index (χ4v) is 2.66. The maximum Gasteiger partial charge on any atom is 0.222 e. The van der Waals surface area contributed by atoms with Crippen LogP contribution in [-0.2, 0) is 27.4 Å². The van der Waals surface area contributed by atoms with E-state index in [0.717, 1.165) is 12.1 Å². The van der Waals surface area contributed by atoms with Crippen LogP contribution < -0.4 is 5.32 Å². The van der Waals surface area contributed by atoms with Crippen molar-refractivity contribution in [2.75, 3.05) is 13.2 Å². The van der Waals surface area contributed by atoms with E-state index in [1.807, 2.05) is 18.2 Å². The molecule has 25 heavy (non-hydrogen) atoms. The predicted molar refractivity (Wildman–Crippen MR) is 87.4 cm³/mol. The molecule has 2 aromatic heterocycles. The van der Waals surface area contributed by atoms with Crippen molar-refractivity contribution in [3.8, 4) is 0 Å². The average molecular weight is 346 g/mol. The number of hydrogen-bond donors (Lipinski definition) is 1. The van der Waals surface area contributed by atoms with Gasteiger partial charge in [-0.25, -0.2) is 4.68 Å². The number of ether oxygens (including phenoxy) is 2. The molecule has 2 aromatic rings. The summed E-state index contributed by atoms with van der Waals surface area (Å²) in [6.07, 6.45) is 2.59. The minimum Gasteiger partial charge on any atom is -0.379 e. The van der Waals surface area contributed by atoms with Crippen LogP contribution in [0.4, 0.5) is 0 Å². The number of aromatic nitrogens is 5. The fourth-order valence-electron chi connectivity index (χ4n) is 2.66. The van der Waals surface area contributed by atoms with Crippen LogP contribution in [0.2, 0.25) is 0 Å². The summed E-state index contributed by atoms with van der Waals surface area (Å²) in [7, 11) is 0. The molecule has 0 unspecified atom stereocenters. The van der Waals surface area contributed by atoms with Gasteiger partial charge in [0.2, 0.25) is 5.91 Å². The van der Waals surface area contributed by atoms with Gasteiger partial charge in [0.05, 0.1) is 31.5 Å². The molecule has 0 aromatic carbocycles. The molecule has 3 heterocycles. The van der Waals surface area contributed by atoms with E-state index in [4.69, 9.17) is 9.47 Å². The van der Waals surface area contributed by atoms with Crippen LogP contribution >= 0.6 is 0 Å². The third-order valence-corrected chi connectivity index (χ3v) is 4.08. The van der Waals surface area contributed by atoms with Gasteiger partial charge < -0.3 is 14.8 Å². The molecule has 0 spiro atoms. The van der Waals surface area contributed by atoms with Gasteiger partial charge in [-0.1, -0.05) is 6.07 Å². The highest BCUT2D eigenvalue weighted by molar-refractivity contribution is 5.76. The van der Waals surface area contributed by atoms with Crippen LogP contribution in [0.25, 0.3) is 0 Å². The van der Waals surface area contributed by atoms with Crippen LogP contribution in [0.5, 0.6) is 0 Å². The number of carbonyl (C=O) groups is 1. The third kappa shape index (κ3) is 5.04. The van der Waals surface area contributed by atoms with Crippen LogP contribution in [0, 0.1) is 6.92 Å². The average Bonchev–Trinajstić information content (AvgIpc) is 3.05. The van der Waals surface area contributed by atoms with Crippen molar-refractivity contribution in [2.45, 2.75) is 45.1 Å². The molecular formula is C16H22N6O3. The normalized spacial score (nSPS) is 20.4. The van der Waals surface area contributed by atoms with E-state index >= 15 is 0 Å². The number of rotatable bonds is 7. The van der Waals surface area contributed by atoms with Gasteiger partial charge in [0, 0.05) is 19.2 Å². The van der Waals surface area contributed by atoms with Crippen molar-refractivity contribution >= 4 is 5.91 Å². The smallest absolute Gasteiger partial charge is 0.222 e. The van der Waals surface area contributed by atoms with E-state index in [0.29, 0.717) is 38.6 Å². The molecule has 2 atom stereocenters. The number of amides is 1. The lowest BCUT2D eigenvalue weighted by atomic mass is 10.1. The zero-order valence-corrected chi connectivity index (χ0v) is 14.2. The van der Waals surface area contributed by atoms with Crippen molar-refractivity contribution < 1.29 is 14.3 Å². The first-order valence-electron chi connectivity index (χ1n) is 8.34. The second-order valence-electron chi connectivity index (χ2n) is 5.91. The summed E-state index contributed by atoms with van der Waals surface area (Å²) in [5, 5.41) is 14.2. The lowest BCUT2D eigenvalue weighted by molar-refractivity contribution is -0.127. The van der Waals surface area contributed by atoms with E-state index in [-0.39, 0.29) is 18.1 Å². The molecule has 1 aliphatic heterocycles. The van der Waals surface area contributed by atoms with E-state index < -0.39 is 0 Å². The van der Waals surface area contributed by atoms with Gasteiger partial charge in [0.15, 0.2) is 0 Å². The molecule has 9 nitrogen and oxygen atoms in total. The van der Waals surface area contributed by atoms with Crippen molar-refractivity contribution in [3.63, 3.8) is 0 Å². The van der Waals surface area contributed by atoms with Crippen LogP contribution in [-0.4, -0.2) is 56.5 Å². The SMILES string of the molecule is Cc1nnnn1CCC(=O)N[C@@H]1CCOC[C@H]1OCc1ccccn1. The Labute approximate surface area is 145 Å². The monoisotopic (exact) mass is 346 g/mol. The highest BCUT2D eigenvalue weighted by Gasteiger charge is 2.28. The van der Waals surface area contributed by atoms with Crippen molar-refractivity contribution in [1.82, 2.24) is 30.5 Å². The summed E-state index contributed by atoms with van der Waals surface area (Å²) in [5.41, 5.74) is 0.854. The van der Waals surface area contributed by atoms with Crippen LogP contribution in [0.15, 0.2) is 24.4 Å².